The number of ether oxygens (including phenoxy) is 1. The fourth-order valence-corrected chi connectivity index (χ4v) is 2.03. The summed E-state index contributed by atoms with van der Waals surface area (Å²) < 4.78 is 5.26. The van der Waals surface area contributed by atoms with Crippen molar-refractivity contribution in [2.24, 2.45) is 0 Å². The molecule has 0 saturated carbocycles. The first-order valence-electron chi connectivity index (χ1n) is 5.32. The lowest BCUT2D eigenvalue weighted by molar-refractivity contribution is -0.0818. The summed E-state index contributed by atoms with van der Waals surface area (Å²) in [6.45, 7) is 0.687. The molecule has 0 aliphatic carbocycles. The number of rotatable bonds is 2. The SMILES string of the molecule is O=C1NCCCN1[C@@H]1O[C@H](CO)[C@@H](O)[C@H]1O. The third-order valence-electron chi connectivity index (χ3n) is 2.94. The minimum Gasteiger partial charge on any atom is -0.394 e. The molecular formula is C9H16N2O5. The van der Waals surface area contributed by atoms with Crippen LogP contribution in [0.3, 0.4) is 0 Å². The molecule has 2 aliphatic heterocycles. The van der Waals surface area contributed by atoms with E-state index in [2.05, 4.69) is 5.32 Å². The molecule has 4 atom stereocenters. The first-order chi connectivity index (χ1) is 7.65. The van der Waals surface area contributed by atoms with Gasteiger partial charge in [-0.15, -0.1) is 0 Å². The molecule has 7 heteroatoms. The molecule has 0 unspecified atom stereocenters. The lowest BCUT2D eigenvalue weighted by Crippen LogP contribution is -2.54. The van der Waals surface area contributed by atoms with Crippen LogP contribution in [0.1, 0.15) is 6.42 Å². The van der Waals surface area contributed by atoms with Gasteiger partial charge in [0.2, 0.25) is 0 Å². The smallest absolute Gasteiger partial charge is 0.319 e. The molecule has 16 heavy (non-hydrogen) atoms. The van der Waals surface area contributed by atoms with Gasteiger partial charge in [0.15, 0.2) is 6.23 Å². The number of aliphatic hydroxyl groups excluding tert-OH is 3. The second-order valence-corrected chi connectivity index (χ2v) is 4.01. The largest absolute Gasteiger partial charge is 0.394 e. The molecule has 2 rings (SSSR count). The number of carbonyl (C=O) groups excluding carboxylic acids is 1. The van der Waals surface area contributed by atoms with E-state index in [0.29, 0.717) is 13.1 Å². The number of nitrogens with one attached hydrogen (secondary N) is 1. The Kier molecular flexibility index (Phi) is 3.29. The first-order valence-corrected chi connectivity index (χ1v) is 5.32. The third kappa shape index (κ3) is 1.86. The van der Waals surface area contributed by atoms with Gasteiger partial charge in [-0.1, -0.05) is 0 Å². The molecule has 2 saturated heterocycles. The van der Waals surface area contributed by atoms with Crippen LogP contribution in [0.5, 0.6) is 0 Å². The van der Waals surface area contributed by atoms with Gasteiger partial charge in [-0.05, 0) is 6.42 Å². The zero-order valence-corrected chi connectivity index (χ0v) is 8.74. The Bertz CT molecular complexity index is 275. The van der Waals surface area contributed by atoms with Gasteiger partial charge in [-0.2, -0.15) is 0 Å². The molecule has 0 aromatic rings. The summed E-state index contributed by atoms with van der Waals surface area (Å²) in [6.07, 6.45) is -3.30. The van der Waals surface area contributed by atoms with E-state index in [4.69, 9.17) is 9.84 Å². The molecule has 2 fully saturated rings. The maximum absolute atomic E-state index is 11.5. The topological polar surface area (TPSA) is 102 Å². The van der Waals surface area contributed by atoms with E-state index in [1.807, 2.05) is 0 Å². The summed E-state index contributed by atoms with van der Waals surface area (Å²) >= 11 is 0. The van der Waals surface area contributed by atoms with Crippen LogP contribution in [-0.2, 0) is 4.74 Å². The highest BCUT2D eigenvalue weighted by Gasteiger charge is 2.46. The fourth-order valence-electron chi connectivity index (χ4n) is 2.03. The van der Waals surface area contributed by atoms with Crippen LogP contribution in [0, 0.1) is 0 Å². The standard InChI is InChI=1S/C9H16N2O5/c12-4-5-6(13)7(14)8(16-5)11-3-1-2-10-9(11)15/h5-8,12-14H,1-4H2,(H,10,15)/t5-,6-,7-,8-/m1/s1. The molecular weight excluding hydrogens is 216 g/mol. The first kappa shape index (κ1) is 11.6. The van der Waals surface area contributed by atoms with Crippen molar-refractivity contribution in [2.45, 2.75) is 31.0 Å². The summed E-state index contributed by atoms with van der Waals surface area (Å²) in [5.41, 5.74) is 0. The van der Waals surface area contributed by atoms with E-state index in [1.54, 1.807) is 0 Å². The van der Waals surface area contributed by atoms with Gasteiger partial charge in [-0.3, -0.25) is 4.90 Å². The van der Waals surface area contributed by atoms with Crippen molar-refractivity contribution in [3.8, 4) is 0 Å². The van der Waals surface area contributed by atoms with Crippen LogP contribution < -0.4 is 5.32 Å². The Morgan fingerprint density at radius 1 is 1.44 bits per heavy atom. The zero-order chi connectivity index (χ0) is 11.7. The highest BCUT2D eigenvalue weighted by Crippen LogP contribution is 2.24. The second-order valence-electron chi connectivity index (χ2n) is 4.01. The maximum Gasteiger partial charge on any atom is 0.319 e. The second kappa shape index (κ2) is 4.54. The van der Waals surface area contributed by atoms with Gasteiger partial charge in [-0.25, -0.2) is 4.79 Å². The Labute approximate surface area is 92.6 Å². The molecule has 2 amide bonds. The normalized spacial score (nSPS) is 39.9. The van der Waals surface area contributed by atoms with Gasteiger partial charge in [0.25, 0.3) is 0 Å². The minimum absolute atomic E-state index is 0.318. The van der Waals surface area contributed by atoms with Gasteiger partial charge < -0.3 is 25.4 Å². The molecule has 0 aromatic heterocycles. The van der Waals surface area contributed by atoms with Crippen LogP contribution in [0.25, 0.3) is 0 Å². The lowest BCUT2D eigenvalue weighted by atomic mass is 10.1. The molecule has 7 nitrogen and oxygen atoms in total. The Hall–Kier alpha value is -0.890. The highest BCUT2D eigenvalue weighted by molar-refractivity contribution is 5.75. The van der Waals surface area contributed by atoms with Crippen molar-refractivity contribution < 1.29 is 24.9 Å². The maximum atomic E-state index is 11.5. The summed E-state index contributed by atoms with van der Waals surface area (Å²) in [4.78, 5) is 12.8. The number of hydrogen-bond acceptors (Lipinski definition) is 5. The van der Waals surface area contributed by atoms with Crippen LogP contribution >= 0.6 is 0 Å². The minimum atomic E-state index is -1.18. The number of carbonyl (C=O) groups is 1. The van der Waals surface area contributed by atoms with E-state index < -0.39 is 24.5 Å². The van der Waals surface area contributed by atoms with Crippen molar-refractivity contribution in [3.63, 3.8) is 0 Å². The summed E-state index contributed by atoms with van der Waals surface area (Å²) in [7, 11) is 0. The number of nitrogens with zero attached hydrogens (tertiary/aromatic N) is 1. The molecule has 0 spiro atoms. The third-order valence-corrected chi connectivity index (χ3v) is 2.94. The van der Waals surface area contributed by atoms with Gasteiger partial charge in [0.05, 0.1) is 6.61 Å². The summed E-state index contributed by atoms with van der Waals surface area (Å²) in [5, 5.41) is 30.8. The Morgan fingerprint density at radius 2 is 2.19 bits per heavy atom. The van der Waals surface area contributed by atoms with Crippen molar-refractivity contribution in [1.29, 1.82) is 0 Å². The van der Waals surface area contributed by atoms with Crippen molar-refractivity contribution in [1.82, 2.24) is 10.2 Å². The van der Waals surface area contributed by atoms with Gasteiger partial charge in [0.1, 0.15) is 18.3 Å². The Morgan fingerprint density at radius 3 is 2.75 bits per heavy atom. The molecule has 2 heterocycles. The predicted octanol–water partition coefficient (Wildman–Crippen LogP) is -2.16. The molecule has 0 bridgehead atoms. The summed E-state index contributed by atoms with van der Waals surface area (Å²) in [5.74, 6) is 0. The quantitative estimate of drug-likeness (QED) is 0.434. The molecule has 4 N–H and O–H groups in total. The van der Waals surface area contributed by atoms with Crippen molar-refractivity contribution >= 4 is 6.03 Å². The van der Waals surface area contributed by atoms with E-state index in [9.17, 15) is 15.0 Å². The summed E-state index contributed by atoms with van der Waals surface area (Å²) in [6, 6.07) is -0.318. The average molecular weight is 232 g/mol. The highest BCUT2D eigenvalue weighted by atomic mass is 16.6. The van der Waals surface area contributed by atoms with Crippen LogP contribution in [0.15, 0.2) is 0 Å². The molecule has 92 valence electrons. The molecule has 2 aliphatic rings. The van der Waals surface area contributed by atoms with E-state index in [0.717, 1.165) is 6.42 Å². The average Bonchev–Trinajstić information content (AvgIpc) is 2.57. The van der Waals surface area contributed by atoms with Crippen LogP contribution in [-0.4, -0.2) is 70.5 Å². The number of hydrogen-bond donors (Lipinski definition) is 4. The van der Waals surface area contributed by atoms with E-state index in [1.165, 1.54) is 4.90 Å². The Balaban J connectivity index is 2.06. The van der Waals surface area contributed by atoms with E-state index >= 15 is 0 Å². The number of amides is 2. The lowest BCUT2D eigenvalue weighted by Gasteiger charge is -2.33. The molecule has 0 aromatic carbocycles. The number of urea groups is 1. The molecule has 0 radical (unpaired) electrons. The van der Waals surface area contributed by atoms with Crippen molar-refractivity contribution in [2.75, 3.05) is 19.7 Å². The number of aliphatic hydroxyl groups is 3. The van der Waals surface area contributed by atoms with Crippen LogP contribution in [0.2, 0.25) is 0 Å². The van der Waals surface area contributed by atoms with Crippen LogP contribution in [0.4, 0.5) is 4.79 Å². The monoisotopic (exact) mass is 232 g/mol. The van der Waals surface area contributed by atoms with Gasteiger partial charge >= 0.3 is 6.03 Å². The van der Waals surface area contributed by atoms with Gasteiger partial charge in [0, 0.05) is 13.1 Å². The fraction of sp³-hybridized carbons (Fsp3) is 0.889. The predicted molar refractivity (Wildman–Crippen MR) is 52.5 cm³/mol. The van der Waals surface area contributed by atoms with Crippen molar-refractivity contribution in [3.05, 3.63) is 0 Å². The van der Waals surface area contributed by atoms with E-state index in [-0.39, 0.29) is 12.6 Å². The zero-order valence-electron chi connectivity index (χ0n) is 8.74.